The van der Waals surface area contributed by atoms with Gasteiger partial charge in [-0.25, -0.2) is 0 Å². The van der Waals surface area contributed by atoms with Crippen molar-refractivity contribution in [2.45, 2.75) is 187 Å². The maximum atomic E-state index is 12.2. The average molecular weight is 701 g/mol. The van der Waals surface area contributed by atoms with Crippen LogP contribution >= 0.6 is 0 Å². The van der Waals surface area contributed by atoms with Crippen LogP contribution in [0.25, 0.3) is 0 Å². The second-order valence-electron chi connectivity index (χ2n) is 14.0. The zero-order valence-electron chi connectivity index (χ0n) is 32.4. The molecule has 1 unspecified atom stereocenters. The molecular weight excluding hydrogens is 624 g/mol. The topological polar surface area (TPSA) is 93.1 Å². The van der Waals surface area contributed by atoms with Crippen LogP contribution in [0.3, 0.4) is 0 Å². The van der Waals surface area contributed by atoms with Crippen molar-refractivity contribution in [1.82, 2.24) is 0 Å². The molecular formula is C44H76O6. The lowest BCUT2D eigenvalue weighted by atomic mass is 10.0. The highest BCUT2D eigenvalue weighted by molar-refractivity contribution is 5.70. The van der Waals surface area contributed by atoms with E-state index in [1.165, 1.54) is 83.5 Å². The lowest BCUT2D eigenvalue weighted by Gasteiger charge is -2.16. The van der Waals surface area contributed by atoms with Gasteiger partial charge in [-0.1, -0.05) is 178 Å². The third-order valence-corrected chi connectivity index (χ3v) is 8.61. The van der Waals surface area contributed by atoms with Gasteiger partial charge in [-0.3, -0.25) is 9.59 Å². The highest BCUT2D eigenvalue weighted by Crippen LogP contribution is 2.15. The van der Waals surface area contributed by atoms with Gasteiger partial charge < -0.3 is 19.7 Å². The van der Waals surface area contributed by atoms with Crippen molar-refractivity contribution in [3.05, 3.63) is 60.8 Å². The van der Waals surface area contributed by atoms with Gasteiger partial charge in [-0.05, 0) is 50.9 Å². The highest BCUT2D eigenvalue weighted by atomic mass is 16.6. The third-order valence-electron chi connectivity index (χ3n) is 8.61. The van der Waals surface area contributed by atoms with E-state index in [1.807, 2.05) is 18.2 Å². The van der Waals surface area contributed by atoms with Gasteiger partial charge in [0.15, 0.2) is 6.10 Å². The second-order valence-corrected chi connectivity index (χ2v) is 14.0. The number of unbranched alkanes of at least 4 members (excludes halogenated alkanes) is 14. The molecule has 0 aliphatic heterocycles. The number of carbonyl (C=O) groups is 2. The van der Waals surface area contributed by atoms with Crippen molar-refractivity contribution >= 4 is 11.9 Å². The van der Waals surface area contributed by atoms with Gasteiger partial charge in [0, 0.05) is 12.8 Å². The van der Waals surface area contributed by atoms with Crippen LogP contribution in [-0.2, 0) is 19.1 Å². The molecule has 2 N–H and O–H groups in total. The zero-order valence-corrected chi connectivity index (χ0v) is 32.4. The summed E-state index contributed by atoms with van der Waals surface area (Å²) in [5, 5.41) is 19.7. The van der Waals surface area contributed by atoms with E-state index in [-0.39, 0.29) is 19.0 Å². The third kappa shape index (κ3) is 36.8. The molecule has 0 heterocycles. The van der Waals surface area contributed by atoms with E-state index in [9.17, 15) is 19.8 Å². The predicted octanol–water partition coefficient (Wildman–Crippen LogP) is 11.6. The van der Waals surface area contributed by atoms with Crippen LogP contribution in [0.15, 0.2) is 60.8 Å². The summed E-state index contributed by atoms with van der Waals surface area (Å²) < 4.78 is 10.5. The maximum absolute atomic E-state index is 12.2. The molecule has 0 bridgehead atoms. The molecule has 0 rings (SSSR count). The minimum absolute atomic E-state index is 0.153. The van der Waals surface area contributed by atoms with E-state index in [0.29, 0.717) is 19.3 Å². The molecule has 288 valence electrons. The van der Waals surface area contributed by atoms with E-state index < -0.39 is 24.8 Å². The summed E-state index contributed by atoms with van der Waals surface area (Å²) in [6, 6.07) is 0. The van der Waals surface area contributed by atoms with Gasteiger partial charge in [0.1, 0.15) is 6.61 Å². The molecule has 0 aliphatic rings. The number of ether oxygens (including phenoxy) is 2. The Hall–Kier alpha value is -2.44. The lowest BCUT2D eigenvalue weighted by molar-refractivity contribution is -0.161. The molecule has 0 saturated heterocycles. The minimum Gasteiger partial charge on any atom is -0.462 e. The van der Waals surface area contributed by atoms with Gasteiger partial charge in [-0.2, -0.15) is 0 Å². The molecule has 0 aromatic carbocycles. The van der Waals surface area contributed by atoms with Gasteiger partial charge in [-0.15, -0.1) is 0 Å². The molecule has 0 fully saturated rings. The molecule has 0 saturated carbocycles. The van der Waals surface area contributed by atoms with Crippen molar-refractivity contribution in [1.29, 1.82) is 0 Å². The Morgan fingerprint density at radius 3 is 1.58 bits per heavy atom. The molecule has 0 aromatic rings. The number of hydrogen-bond acceptors (Lipinski definition) is 6. The van der Waals surface area contributed by atoms with Crippen LogP contribution in [0.2, 0.25) is 0 Å². The number of rotatable bonds is 35. The summed E-state index contributed by atoms with van der Waals surface area (Å²) in [5.41, 5.74) is 0. The second kappa shape index (κ2) is 37.8. The first-order valence-corrected chi connectivity index (χ1v) is 20.3. The largest absolute Gasteiger partial charge is 0.462 e. The fourth-order valence-electron chi connectivity index (χ4n) is 5.53. The highest BCUT2D eigenvalue weighted by Gasteiger charge is 2.16. The van der Waals surface area contributed by atoms with Crippen molar-refractivity contribution in [2.75, 3.05) is 13.2 Å². The number of hydrogen-bond donors (Lipinski definition) is 2. The van der Waals surface area contributed by atoms with Gasteiger partial charge in [0.25, 0.3) is 0 Å². The number of aliphatic hydroxyl groups is 2. The standard InChI is InChI=1S/C44H76O6/c1-4-5-6-7-8-9-10-14-18-21-24-27-30-34-41(46)35-32-37-43(47)49-39-42(38-45)50-44(48)36-31-28-25-22-19-16-13-11-12-15-17-20-23-26-29-33-40(2)3/h5-6,8-9,14,18,24,27,30,34,40-42,45-46H,4,7,10-13,15-17,19-23,25-26,28-29,31-33,35-39H2,1-3H3/b6-5-,9-8-,18-14-,27-24-,34-30+/t41?,42-/m0/s1. The van der Waals surface area contributed by atoms with Crippen molar-refractivity contribution in [3.63, 3.8) is 0 Å². The van der Waals surface area contributed by atoms with Crippen LogP contribution in [0.1, 0.15) is 175 Å². The van der Waals surface area contributed by atoms with Crippen LogP contribution in [0.4, 0.5) is 0 Å². The maximum Gasteiger partial charge on any atom is 0.306 e. The normalized spacial score (nSPS) is 13.6. The summed E-state index contributed by atoms with van der Waals surface area (Å²) in [6.07, 6.45) is 44.6. The molecule has 6 heteroatoms. The Bertz CT molecular complexity index is 915. The molecule has 0 amide bonds. The molecule has 0 aromatic heterocycles. The summed E-state index contributed by atoms with van der Waals surface area (Å²) in [6.45, 7) is 6.20. The van der Waals surface area contributed by atoms with E-state index >= 15 is 0 Å². The summed E-state index contributed by atoms with van der Waals surface area (Å²) >= 11 is 0. The zero-order chi connectivity index (χ0) is 36.8. The van der Waals surface area contributed by atoms with Crippen molar-refractivity contribution < 1.29 is 29.3 Å². The first-order chi connectivity index (χ1) is 24.4. The average Bonchev–Trinajstić information content (AvgIpc) is 3.09. The molecule has 0 radical (unpaired) electrons. The molecule has 0 aliphatic carbocycles. The summed E-state index contributed by atoms with van der Waals surface area (Å²) in [5.74, 6) is 0.0498. The first kappa shape index (κ1) is 47.6. The van der Waals surface area contributed by atoms with E-state index in [2.05, 4.69) is 57.2 Å². The molecule has 2 atom stereocenters. The van der Waals surface area contributed by atoms with Crippen LogP contribution in [0, 0.1) is 5.92 Å². The van der Waals surface area contributed by atoms with Crippen LogP contribution in [0.5, 0.6) is 0 Å². The van der Waals surface area contributed by atoms with Gasteiger partial charge >= 0.3 is 11.9 Å². The Morgan fingerprint density at radius 2 is 1.06 bits per heavy atom. The van der Waals surface area contributed by atoms with Crippen molar-refractivity contribution in [2.24, 2.45) is 5.92 Å². The Kier molecular flexibility index (Phi) is 36.0. The fraction of sp³-hybridized carbons (Fsp3) is 0.727. The Labute approximate surface area is 307 Å². The van der Waals surface area contributed by atoms with Crippen molar-refractivity contribution in [3.8, 4) is 0 Å². The lowest BCUT2D eigenvalue weighted by Crippen LogP contribution is -2.28. The first-order valence-electron chi connectivity index (χ1n) is 20.3. The SMILES string of the molecule is CC/C=C\C/C=C\C/C=C\C/C=C\C=C\C(O)CCCC(=O)OC[C@H](CO)OC(=O)CCCCCCCCCCCCCCCCCC(C)C. The molecule has 6 nitrogen and oxygen atoms in total. The van der Waals surface area contributed by atoms with Gasteiger partial charge in [0.05, 0.1) is 12.7 Å². The number of esters is 2. The van der Waals surface area contributed by atoms with Crippen LogP contribution in [-0.4, -0.2) is 47.6 Å². The van der Waals surface area contributed by atoms with Gasteiger partial charge in [0.2, 0.25) is 0 Å². The Balaban J connectivity index is 3.73. The van der Waals surface area contributed by atoms with E-state index in [4.69, 9.17) is 9.47 Å². The molecule has 0 spiro atoms. The number of aliphatic hydroxyl groups excluding tert-OH is 2. The fourth-order valence-corrected chi connectivity index (χ4v) is 5.53. The summed E-state index contributed by atoms with van der Waals surface area (Å²) in [7, 11) is 0. The predicted molar refractivity (Wildman–Crippen MR) is 211 cm³/mol. The minimum atomic E-state index is -0.847. The monoisotopic (exact) mass is 701 g/mol. The smallest absolute Gasteiger partial charge is 0.306 e. The number of carbonyl (C=O) groups excluding carboxylic acids is 2. The van der Waals surface area contributed by atoms with E-state index in [0.717, 1.165) is 50.9 Å². The quantitative estimate of drug-likeness (QED) is 0.0296. The van der Waals surface area contributed by atoms with Crippen LogP contribution < -0.4 is 0 Å². The summed E-state index contributed by atoms with van der Waals surface area (Å²) in [4.78, 5) is 24.3. The molecule has 50 heavy (non-hydrogen) atoms. The Morgan fingerprint density at radius 1 is 0.580 bits per heavy atom. The number of allylic oxidation sites excluding steroid dienone is 9. The van der Waals surface area contributed by atoms with E-state index in [1.54, 1.807) is 6.08 Å².